The van der Waals surface area contributed by atoms with Crippen molar-refractivity contribution in [3.8, 4) is 11.9 Å². The fourth-order valence-corrected chi connectivity index (χ4v) is 3.13. The average molecular weight is 338 g/mol. The van der Waals surface area contributed by atoms with E-state index in [4.69, 9.17) is 14.9 Å². The molecule has 0 spiro atoms. The van der Waals surface area contributed by atoms with Gasteiger partial charge in [-0.1, -0.05) is 25.5 Å². The number of methoxy groups -OCH3 is 1. The zero-order chi connectivity index (χ0) is 18.0. The third-order valence-electron chi connectivity index (χ3n) is 4.31. The highest BCUT2D eigenvalue weighted by Gasteiger charge is 2.40. The van der Waals surface area contributed by atoms with Crippen LogP contribution >= 0.6 is 0 Å². The van der Waals surface area contributed by atoms with E-state index >= 15 is 0 Å². The first-order chi connectivity index (χ1) is 12.1. The molecule has 0 fully saturated rings. The summed E-state index contributed by atoms with van der Waals surface area (Å²) in [4.78, 5) is 11.6. The number of nitriles is 1. The number of benzene rings is 1. The van der Waals surface area contributed by atoms with Crippen molar-refractivity contribution < 1.29 is 14.3 Å². The van der Waals surface area contributed by atoms with E-state index in [0.29, 0.717) is 11.4 Å². The topological polar surface area (TPSA) is 112 Å². The van der Waals surface area contributed by atoms with Crippen LogP contribution in [-0.4, -0.2) is 29.2 Å². The van der Waals surface area contributed by atoms with Gasteiger partial charge in [0.15, 0.2) is 0 Å². The summed E-state index contributed by atoms with van der Waals surface area (Å²) >= 11 is 0. The number of rotatable bonds is 4. The molecule has 7 nitrogen and oxygen atoms in total. The molecule has 2 N–H and O–H groups in total. The van der Waals surface area contributed by atoms with Crippen LogP contribution in [0.2, 0.25) is 0 Å². The third-order valence-corrected chi connectivity index (χ3v) is 4.31. The molecule has 0 saturated heterocycles. The first-order valence-corrected chi connectivity index (χ1v) is 8.02. The van der Waals surface area contributed by atoms with E-state index in [0.717, 1.165) is 29.7 Å². The molecule has 0 amide bonds. The van der Waals surface area contributed by atoms with E-state index in [1.54, 1.807) is 24.3 Å². The number of carbonyl (C=O) groups is 1. The molecule has 0 saturated carbocycles. The number of aryl methyl sites for hydroxylation is 1. The molecule has 0 aliphatic carbocycles. The van der Waals surface area contributed by atoms with Crippen molar-refractivity contribution in [3.05, 3.63) is 46.6 Å². The van der Waals surface area contributed by atoms with Gasteiger partial charge in [0.05, 0.1) is 18.7 Å². The number of H-pyrrole nitrogens is 1. The van der Waals surface area contributed by atoms with Crippen LogP contribution in [0.3, 0.4) is 0 Å². The summed E-state index contributed by atoms with van der Waals surface area (Å²) in [6.07, 6.45) is 1.69. The minimum Gasteiger partial charge on any atom is -0.465 e. The summed E-state index contributed by atoms with van der Waals surface area (Å²) in [5.74, 6) is -1.30. The Hall–Kier alpha value is -3.14. The quantitative estimate of drug-likeness (QED) is 0.833. The van der Waals surface area contributed by atoms with Crippen LogP contribution in [0.15, 0.2) is 24.3 Å². The van der Waals surface area contributed by atoms with Gasteiger partial charge in [0.2, 0.25) is 11.8 Å². The van der Waals surface area contributed by atoms with Crippen LogP contribution in [0.4, 0.5) is 0 Å². The normalized spacial score (nSPS) is 18.8. The smallest absolute Gasteiger partial charge is 0.337 e. The number of aromatic amines is 1. The molecule has 2 atom stereocenters. The molecule has 0 bridgehead atoms. The molecule has 7 heteroatoms. The van der Waals surface area contributed by atoms with E-state index in [1.165, 1.54) is 7.11 Å². The molecule has 1 aliphatic rings. The highest BCUT2D eigenvalue weighted by molar-refractivity contribution is 5.89. The Morgan fingerprint density at radius 1 is 1.44 bits per heavy atom. The third kappa shape index (κ3) is 2.87. The van der Waals surface area contributed by atoms with E-state index in [2.05, 4.69) is 23.2 Å². The Bertz CT molecular complexity index is 848. The van der Waals surface area contributed by atoms with Gasteiger partial charge in [-0.3, -0.25) is 10.5 Å². The number of ether oxygens (including phenoxy) is 2. The lowest BCUT2D eigenvalue weighted by Crippen LogP contribution is -2.31. The maximum absolute atomic E-state index is 11.6. The van der Waals surface area contributed by atoms with Crippen LogP contribution < -0.4 is 4.74 Å². The largest absolute Gasteiger partial charge is 0.465 e. The van der Waals surface area contributed by atoms with Crippen LogP contribution in [0.25, 0.3) is 0 Å². The molecule has 2 aromatic rings. The lowest BCUT2D eigenvalue weighted by Gasteiger charge is -2.28. The van der Waals surface area contributed by atoms with E-state index < -0.39 is 11.9 Å². The van der Waals surface area contributed by atoms with Gasteiger partial charge in [0.1, 0.15) is 5.92 Å². The standard InChI is InChI=1S/C18H18N4O3/c1-3-4-13-15-14(10-5-7-11(8-6-10)18(23)24-2)12(9-19)16(20)25-17(15)22-21-13/h5-8,12,14,20H,3-4H2,1-2H3,(H,21,22). The van der Waals surface area contributed by atoms with Crippen LogP contribution in [0.1, 0.15) is 46.4 Å². The molecule has 1 aliphatic heterocycles. The van der Waals surface area contributed by atoms with Crippen molar-refractivity contribution in [2.45, 2.75) is 25.7 Å². The van der Waals surface area contributed by atoms with Gasteiger partial charge in [0, 0.05) is 17.2 Å². The Kier molecular flexibility index (Phi) is 4.52. The summed E-state index contributed by atoms with van der Waals surface area (Å²) in [5.41, 5.74) is 2.98. The molecule has 1 aromatic heterocycles. The number of hydrogen-bond acceptors (Lipinski definition) is 6. The summed E-state index contributed by atoms with van der Waals surface area (Å²) in [5, 5.41) is 24.7. The van der Waals surface area contributed by atoms with Crippen LogP contribution in [0, 0.1) is 22.7 Å². The zero-order valence-electron chi connectivity index (χ0n) is 14.0. The van der Waals surface area contributed by atoms with Crippen LogP contribution in [0.5, 0.6) is 5.88 Å². The van der Waals surface area contributed by atoms with Crippen molar-refractivity contribution >= 4 is 11.9 Å². The minimum absolute atomic E-state index is 0.119. The number of fused-ring (bicyclic) bond motifs is 1. The first-order valence-electron chi connectivity index (χ1n) is 8.02. The average Bonchev–Trinajstić information content (AvgIpc) is 3.02. The lowest BCUT2D eigenvalue weighted by molar-refractivity contribution is 0.0600. The second-order valence-electron chi connectivity index (χ2n) is 5.84. The Morgan fingerprint density at radius 2 is 2.16 bits per heavy atom. The number of aromatic nitrogens is 2. The second kappa shape index (κ2) is 6.77. The van der Waals surface area contributed by atoms with Gasteiger partial charge < -0.3 is 9.47 Å². The number of nitrogens with zero attached hydrogens (tertiary/aromatic N) is 2. The number of esters is 1. The van der Waals surface area contributed by atoms with Gasteiger partial charge in [-0.25, -0.2) is 4.79 Å². The molecule has 2 heterocycles. The van der Waals surface area contributed by atoms with Gasteiger partial charge in [0.25, 0.3) is 0 Å². The zero-order valence-corrected chi connectivity index (χ0v) is 14.0. The maximum Gasteiger partial charge on any atom is 0.337 e. The van der Waals surface area contributed by atoms with Crippen LogP contribution in [-0.2, 0) is 11.2 Å². The second-order valence-corrected chi connectivity index (χ2v) is 5.84. The van der Waals surface area contributed by atoms with Crippen molar-refractivity contribution in [1.82, 2.24) is 10.2 Å². The molecule has 2 unspecified atom stereocenters. The van der Waals surface area contributed by atoms with Gasteiger partial charge >= 0.3 is 5.97 Å². The Balaban J connectivity index is 2.09. The lowest BCUT2D eigenvalue weighted by atomic mass is 9.79. The molecule has 25 heavy (non-hydrogen) atoms. The Labute approximate surface area is 145 Å². The van der Waals surface area contributed by atoms with Gasteiger partial charge in [-0.15, -0.1) is 5.10 Å². The molecule has 3 rings (SSSR count). The monoisotopic (exact) mass is 338 g/mol. The summed E-state index contributed by atoms with van der Waals surface area (Å²) in [6.45, 7) is 2.06. The first kappa shape index (κ1) is 16.7. The number of nitrogens with one attached hydrogen (secondary N) is 2. The van der Waals surface area contributed by atoms with Crippen molar-refractivity contribution in [1.29, 1.82) is 10.7 Å². The minimum atomic E-state index is -0.746. The summed E-state index contributed by atoms with van der Waals surface area (Å²) < 4.78 is 10.2. The SMILES string of the molecule is CCCc1[nH]nc2c1C(c1ccc(C(=O)OC)cc1)C(C#N)C(=N)O2. The van der Waals surface area contributed by atoms with E-state index in [1.807, 2.05) is 0 Å². The van der Waals surface area contributed by atoms with E-state index in [9.17, 15) is 10.1 Å². The van der Waals surface area contributed by atoms with Crippen molar-refractivity contribution in [3.63, 3.8) is 0 Å². The van der Waals surface area contributed by atoms with Gasteiger partial charge in [-0.05, 0) is 24.1 Å². The van der Waals surface area contributed by atoms with E-state index in [-0.39, 0.29) is 11.8 Å². The Morgan fingerprint density at radius 3 is 2.76 bits per heavy atom. The van der Waals surface area contributed by atoms with Crippen molar-refractivity contribution in [2.75, 3.05) is 7.11 Å². The maximum atomic E-state index is 11.6. The molecular weight excluding hydrogens is 320 g/mol. The predicted octanol–water partition coefficient (Wildman–Crippen LogP) is 2.79. The molecule has 0 radical (unpaired) electrons. The predicted molar refractivity (Wildman–Crippen MR) is 89.7 cm³/mol. The van der Waals surface area contributed by atoms with Gasteiger partial charge in [-0.2, -0.15) is 5.26 Å². The molecule has 1 aromatic carbocycles. The molecular formula is C18H18N4O3. The summed E-state index contributed by atoms with van der Waals surface area (Å²) in [6, 6.07) is 9.06. The summed E-state index contributed by atoms with van der Waals surface area (Å²) in [7, 11) is 1.33. The fourth-order valence-electron chi connectivity index (χ4n) is 3.13. The fraction of sp³-hybridized carbons (Fsp3) is 0.333. The highest BCUT2D eigenvalue weighted by Crippen LogP contribution is 2.43. The molecule has 128 valence electrons. The number of carbonyl (C=O) groups excluding carboxylic acids is 1. The highest BCUT2D eigenvalue weighted by atomic mass is 16.5. The number of hydrogen-bond donors (Lipinski definition) is 2. The van der Waals surface area contributed by atoms with Crippen molar-refractivity contribution in [2.24, 2.45) is 5.92 Å².